The molecule has 0 unspecified atom stereocenters. The Bertz CT molecular complexity index is 866. The van der Waals surface area contributed by atoms with Gasteiger partial charge in [-0.25, -0.2) is 4.98 Å². The lowest BCUT2D eigenvalue weighted by Gasteiger charge is -2.33. The second-order valence-electron chi connectivity index (χ2n) is 6.31. The Labute approximate surface area is 151 Å². The Hall–Kier alpha value is -3.09. The van der Waals surface area contributed by atoms with Gasteiger partial charge in [-0.05, 0) is 24.8 Å². The highest BCUT2D eigenvalue weighted by molar-refractivity contribution is 5.79. The fourth-order valence-electron chi connectivity index (χ4n) is 3.25. The first kappa shape index (κ1) is 16.4. The minimum Gasteiger partial charge on any atom is -0.337 e. The lowest BCUT2D eigenvalue weighted by Crippen LogP contribution is -2.39. The van der Waals surface area contributed by atoms with Crippen molar-refractivity contribution in [2.45, 2.75) is 31.7 Å². The van der Waals surface area contributed by atoms with Crippen molar-refractivity contribution in [3.8, 4) is 11.5 Å². The van der Waals surface area contributed by atoms with Crippen LogP contribution in [0, 0.1) is 0 Å². The Balaban J connectivity index is 1.54. The zero-order valence-corrected chi connectivity index (χ0v) is 14.3. The van der Waals surface area contributed by atoms with Crippen LogP contribution in [0.25, 0.3) is 11.5 Å². The molecule has 1 aromatic carbocycles. The summed E-state index contributed by atoms with van der Waals surface area (Å²) in [5.41, 5.74) is 1.56. The van der Waals surface area contributed by atoms with Crippen LogP contribution in [-0.2, 0) is 11.2 Å². The number of carbonyl (C=O) groups is 1. The maximum Gasteiger partial charge on any atom is 0.249 e. The molecule has 0 spiro atoms. The minimum atomic E-state index is -0.183. The Morgan fingerprint density at radius 2 is 2.08 bits per heavy atom. The summed E-state index contributed by atoms with van der Waals surface area (Å²) in [4.78, 5) is 27.4. The first-order valence-electron chi connectivity index (χ1n) is 8.74. The second kappa shape index (κ2) is 7.43. The maximum atomic E-state index is 12.8. The predicted molar refractivity (Wildman–Crippen MR) is 93.8 cm³/mol. The van der Waals surface area contributed by atoms with Gasteiger partial charge in [-0.3, -0.25) is 9.78 Å². The number of piperidine rings is 1. The van der Waals surface area contributed by atoms with Crippen LogP contribution in [0.4, 0.5) is 0 Å². The largest absolute Gasteiger partial charge is 0.337 e. The highest BCUT2D eigenvalue weighted by Crippen LogP contribution is 2.31. The van der Waals surface area contributed by atoms with E-state index in [0.717, 1.165) is 24.8 Å². The monoisotopic (exact) mass is 349 g/mol. The van der Waals surface area contributed by atoms with Gasteiger partial charge in [0, 0.05) is 18.9 Å². The minimum absolute atomic E-state index is 0.0835. The second-order valence-corrected chi connectivity index (χ2v) is 6.31. The molecule has 0 bridgehead atoms. The summed E-state index contributed by atoms with van der Waals surface area (Å²) < 4.78 is 5.47. The van der Waals surface area contributed by atoms with Gasteiger partial charge in [0.1, 0.15) is 11.7 Å². The van der Waals surface area contributed by atoms with Gasteiger partial charge in [0.25, 0.3) is 0 Å². The van der Waals surface area contributed by atoms with Crippen molar-refractivity contribution in [2.24, 2.45) is 0 Å². The highest BCUT2D eigenvalue weighted by Gasteiger charge is 2.32. The molecule has 1 aliphatic heterocycles. The van der Waals surface area contributed by atoms with Crippen molar-refractivity contribution in [2.75, 3.05) is 6.54 Å². The molecule has 2 aromatic heterocycles. The molecule has 7 nitrogen and oxygen atoms in total. The molecule has 1 aliphatic rings. The van der Waals surface area contributed by atoms with E-state index in [9.17, 15) is 4.79 Å². The van der Waals surface area contributed by atoms with E-state index in [2.05, 4.69) is 20.1 Å². The molecule has 1 amide bonds. The number of aromatic nitrogens is 4. The molecule has 4 rings (SSSR count). The fraction of sp³-hybridized carbons (Fsp3) is 0.316. The summed E-state index contributed by atoms with van der Waals surface area (Å²) >= 11 is 0. The Morgan fingerprint density at radius 1 is 1.19 bits per heavy atom. The smallest absolute Gasteiger partial charge is 0.249 e. The number of amides is 1. The Morgan fingerprint density at radius 3 is 2.88 bits per heavy atom. The number of likely N-dealkylation sites (tertiary alicyclic amines) is 1. The molecule has 7 heteroatoms. The molecule has 0 saturated carbocycles. The van der Waals surface area contributed by atoms with Crippen LogP contribution in [0.1, 0.15) is 36.8 Å². The van der Waals surface area contributed by atoms with E-state index in [1.807, 2.05) is 35.2 Å². The van der Waals surface area contributed by atoms with E-state index in [4.69, 9.17) is 4.52 Å². The zero-order valence-electron chi connectivity index (χ0n) is 14.3. The number of carbonyl (C=O) groups excluding carboxylic acids is 1. The van der Waals surface area contributed by atoms with Crippen LogP contribution < -0.4 is 0 Å². The van der Waals surface area contributed by atoms with Gasteiger partial charge < -0.3 is 9.42 Å². The number of hydrogen-bond donors (Lipinski definition) is 0. The summed E-state index contributed by atoms with van der Waals surface area (Å²) in [6.07, 6.45) is 7.99. The first-order valence-corrected chi connectivity index (χ1v) is 8.74. The van der Waals surface area contributed by atoms with E-state index in [0.29, 0.717) is 30.4 Å². The lowest BCUT2D eigenvalue weighted by atomic mass is 10.0. The molecule has 0 aliphatic carbocycles. The van der Waals surface area contributed by atoms with Gasteiger partial charge in [0.15, 0.2) is 0 Å². The van der Waals surface area contributed by atoms with Crippen LogP contribution in [0.5, 0.6) is 0 Å². The molecule has 1 saturated heterocycles. The van der Waals surface area contributed by atoms with Crippen LogP contribution in [-0.4, -0.2) is 37.5 Å². The maximum absolute atomic E-state index is 12.8. The van der Waals surface area contributed by atoms with Gasteiger partial charge in [0.2, 0.25) is 17.6 Å². The van der Waals surface area contributed by atoms with Gasteiger partial charge in [0.05, 0.1) is 12.6 Å². The van der Waals surface area contributed by atoms with E-state index < -0.39 is 0 Å². The SMILES string of the molecule is O=C(Cc1ccccc1)N1CCCC[C@H]1c1nc(-c2cnccn2)no1. The molecular formula is C19H19N5O2. The quantitative estimate of drug-likeness (QED) is 0.720. The average molecular weight is 349 g/mol. The Kier molecular flexibility index (Phi) is 4.68. The summed E-state index contributed by atoms with van der Waals surface area (Å²) in [6.45, 7) is 0.708. The molecule has 1 fully saturated rings. The summed E-state index contributed by atoms with van der Waals surface area (Å²) in [5, 5.41) is 4.01. The van der Waals surface area contributed by atoms with Crippen molar-refractivity contribution in [3.63, 3.8) is 0 Å². The molecule has 3 heterocycles. The molecule has 26 heavy (non-hydrogen) atoms. The fourth-order valence-corrected chi connectivity index (χ4v) is 3.25. The summed E-state index contributed by atoms with van der Waals surface area (Å²) in [5.74, 6) is 0.945. The summed E-state index contributed by atoms with van der Waals surface area (Å²) in [7, 11) is 0. The topological polar surface area (TPSA) is 85.0 Å². The van der Waals surface area contributed by atoms with Gasteiger partial charge in [-0.2, -0.15) is 4.98 Å². The third-order valence-electron chi connectivity index (χ3n) is 4.54. The summed E-state index contributed by atoms with van der Waals surface area (Å²) in [6, 6.07) is 9.59. The number of hydrogen-bond acceptors (Lipinski definition) is 6. The van der Waals surface area contributed by atoms with Crippen molar-refractivity contribution in [1.29, 1.82) is 0 Å². The van der Waals surface area contributed by atoms with Crippen LogP contribution in [0.2, 0.25) is 0 Å². The van der Waals surface area contributed by atoms with Crippen molar-refractivity contribution in [3.05, 3.63) is 60.4 Å². The molecule has 0 radical (unpaired) electrons. The lowest BCUT2D eigenvalue weighted by molar-refractivity contribution is -0.135. The highest BCUT2D eigenvalue weighted by atomic mass is 16.5. The molecular weight excluding hydrogens is 330 g/mol. The molecule has 3 aromatic rings. The van der Waals surface area contributed by atoms with Gasteiger partial charge in [-0.15, -0.1) is 0 Å². The third-order valence-corrected chi connectivity index (χ3v) is 4.54. The molecule has 1 atom stereocenters. The van der Waals surface area contributed by atoms with E-state index in [1.165, 1.54) is 0 Å². The average Bonchev–Trinajstić information content (AvgIpc) is 3.19. The van der Waals surface area contributed by atoms with Crippen molar-refractivity contribution in [1.82, 2.24) is 25.0 Å². The van der Waals surface area contributed by atoms with Crippen molar-refractivity contribution >= 4 is 5.91 Å². The first-order chi connectivity index (χ1) is 12.8. The zero-order chi connectivity index (χ0) is 17.8. The number of nitrogens with zero attached hydrogens (tertiary/aromatic N) is 5. The third kappa shape index (κ3) is 3.46. The van der Waals surface area contributed by atoms with E-state index in [-0.39, 0.29) is 11.9 Å². The number of rotatable bonds is 4. The molecule has 132 valence electrons. The standard InChI is InChI=1S/C19H19N5O2/c25-17(12-14-6-2-1-3-7-14)24-11-5-4-8-16(24)19-22-18(23-26-19)15-13-20-9-10-21-15/h1-3,6-7,9-10,13,16H,4-5,8,11-12H2/t16-/m0/s1. The van der Waals surface area contributed by atoms with E-state index >= 15 is 0 Å². The normalized spacial score (nSPS) is 17.2. The van der Waals surface area contributed by atoms with Crippen LogP contribution in [0.3, 0.4) is 0 Å². The van der Waals surface area contributed by atoms with Crippen molar-refractivity contribution < 1.29 is 9.32 Å². The number of benzene rings is 1. The van der Waals surface area contributed by atoms with Crippen LogP contribution >= 0.6 is 0 Å². The van der Waals surface area contributed by atoms with Gasteiger partial charge >= 0.3 is 0 Å². The van der Waals surface area contributed by atoms with Gasteiger partial charge in [-0.1, -0.05) is 35.5 Å². The van der Waals surface area contributed by atoms with Crippen LogP contribution in [0.15, 0.2) is 53.4 Å². The molecule has 0 N–H and O–H groups in total. The van der Waals surface area contributed by atoms with E-state index in [1.54, 1.807) is 18.6 Å². The predicted octanol–water partition coefficient (Wildman–Crippen LogP) is 2.82.